The van der Waals surface area contributed by atoms with Crippen LogP contribution in [0.1, 0.15) is 5.56 Å². The number of nitrogens with one attached hydrogen (secondary N) is 1. The second-order valence-electron chi connectivity index (χ2n) is 6.91. The average Bonchev–Trinajstić information content (AvgIpc) is 3.28. The lowest BCUT2D eigenvalue weighted by molar-refractivity contribution is -0.384. The van der Waals surface area contributed by atoms with Crippen molar-refractivity contribution in [2.45, 2.75) is 5.16 Å². The molecule has 34 heavy (non-hydrogen) atoms. The summed E-state index contributed by atoms with van der Waals surface area (Å²) < 4.78 is 1.86. The Balaban J connectivity index is 1.46. The van der Waals surface area contributed by atoms with E-state index in [0.29, 0.717) is 21.6 Å². The van der Waals surface area contributed by atoms with E-state index in [2.05, 4.69) is 20.7 Å². The van der Waals surface area contributed by atoms with Gasteiger partial charge in [0.2, 0.25) is 0 Å². The summed E-state index contributed by atoms with van der Waals surface area (Å²) in [6, 6.07) is 22.7. The van der Waals surface area contributed by atoms with Gasteiger partial charge in [-0.2, -0.15) is 5.10 Å². The Morgan fingerprint density at radius 3 is 2.44 bits per heavy atom. The van der Waals surface area contributed by atoms with E-state index in [0.717, 1.165) is 11.3 Å². The number of hydrogen-bond donors (Lipinski definition) is 1. The lowest BCUT2D eigenvalue weighted by atomic mass is 10.2. The van der Waals surface area contributed by atoms with Crippen molar-refractivity contribution in [2.75, 3.05) is 5.75 Å². The summed E-state index contributed by atoms with van der Waals surface area (Å²) in [5, 5.41) is 24.4. The van der Waals surface area contributed by atoms with Gasteiger partial charge in [-0.1, -0.05) is 53.7 Å². The number of amides is 1. The Hall–Kier alpha value is -4.02. The van der Waals surface area contributed by atoms with Gasteiger partial charge in [0.25, 0.3) is 11.6 Å². The number of hydrogen-bond acceptors (Lipinski definition) is 7. The Labute approximate surface area is 203 Å². The van der Waals surface area contributed by atoms with Gasteiger partial charge in [0.15, 0.2) is 11.0 Å². The molecule has 0 fully saturated rings. The molecule has 4 aromatic rings. The first-order chi connectivity index (χ1) is 16.5. The fourth-order valence-corrected chi connectivity index (χ4v) is 3.85. The van der Waals surface area contributed by atoms with Crippen LogP contribution < -0.4 is 5.43 Å². The molecule has 0 saturated carbocycles. The molecule has 1 amide bonds. The zero-order valence-electron chi connectivity index (χ0n) is 17.5. The van der Waals surface area contributed by atoms with E-state index in [4.69, 9.17) is 11.6 Å². The molecular weight excluding hydrogens is 476 g/mol. The van der Waals surface area contributed by atoms with Crippen LogP contribution in [0.25, 0.3) is 17.1 Å². The zero-order valence-corrected chi connectivity index (χ0v) is 19.1. The molecule has 0 spiro atoms. The minimum absolute atomic E-state index is 0.0164. The van der Waals surface area contributed by atoms with E-state index in [1.165, 1.54) is 30.1 Å². The number of rotatable bonds is 8. The fourth-order valence-electron chi connectivity index (χ4n) is 2.98. The van der Waals surface area contributed by atoms with Gasteiger partial charge in [-0.05, 0) is 42.0 Å². The maximum Gasteiger partial charge on any atom is 0.269 e. The predicted molar refractivity (Wildman–Crippen MR) is 131 cm³/mol. The van der Waals surface area contributed by atoms with E-state index in [-0.39, 0.29) is 17.3 Å². The van der Waals surface area contributed by atoms with E-state index in [9.17, 15) is 14.9 Å². The second kappa shape index (κ2) is 10.7. The molecule has 0 radical (unpaired) electrons. The molecule has 0 aliphatic rings. The van der Waals surface area contributed by atoms with Gasteiger partial charge in [0.05, 0.1) is 16.9 Å². The number of non-ortho nitro benzene ring substituents is 1. The predicted octanol–water partition coefficient (Wildman–Crippen LogP) is 4.74. The van der Waals surface area contributed by atoms with Crippen LogP contribution in [0.2, 0.25) is 5.02 Å². The maximum absolute atomic E-state index is 12.3. The first-order valence-electron chi connectivity index (χ1n) is 9.97. The van der Waals surface area contributed by atoms with Crippen LogP contribution in [-0.4, -0.2) is 37.6 Å². The van der Waals surface area contributed by atoms with Crippen molar-refractivity contribution in [1.29, 1.82) is 0 Å². The summed E-state index contributed by atoms with van der Waals surface area (Å²) >= 11 is 7.26. The number of halogens is 1. The van der Waals surface area contributed by atoms with Gasteiger partial charge in [-0.3, -0.25) is 19.5 Å². The lowest BCUT2D eigenvalue weighted by Gasteiger charge is -2.10. The largest absolute Gasteiger partial charge is 0.272 e. The molecule has 0 unspecified atom stereocenters. The van der Waals surface area contributed by atoms with Crippen molar-refractivity contribution in [3.05, 3.63) is 99.6 Å². The summed E-state index contributed by atoms with van der Waals surface area (Å²) in [5.41, 5.74) is 4.74. The number of benzene rings is 3. The Kier molecular flexibility index (Phi) is 7.31. The molecule has 1 heterocycles. The number of carbonyl (C=O) groups is 1. The summed E-state index contributed by atoms with van der Waals surface area (Å²) in [6.07, 6.45) is 1.41. The quantitative estimate of drug-likeness (QED) is 0.164. The number of nitro groups is 1. The van der Waals surface area contributed by atoms with Crippen molar-refractivity contribution in [3.63, 3.8) is 0 Å². The summed E-state index contributed by atoms with van der Waals surface area (Å²) in [7, 11) is 0. The minimum atomic E-state index is -0.480. The van der Waals surface area contributed by atoms with Crippen LogP contribution in [-0.2, 0) is 4.79 Å². The van der Waals surface area contributed by atoms with Gasteiger partial charge in [-0.15, -0.1) is 10.2 Å². The molecule has 170 valence electrons. The van der Waals surface area contributed by atoms with Gasteiger partial charge in [-0.25, -0.2) is 5.43 Å². The normalized spacial score (nSPS) is 11.0. The number of nitrogens with zero attached hydrogens (tertiary/aromatic N) is 5. The molecule has 11 heteroatoms. The third-order valence-electron chi connectivity index (χ3n) is 4.59. The molecule has 1 aromatic heterocycles. The standard InChI is InChI=1S/C23H17ClN6O3S/c24-18-8-12-19(13-9-18)29-22(17-4-2-1-3-5-17)27-28-23(29)34-15-21(31)26-25-14-16-6-10-20(11-7-16)30(32)33/h1-14H,15H2,(H,26,31)/b25-14-. The van der Waals surface area contributed by atoms with Crippen molar-refractivity contribution in [1.82, 2.24) is 20.2 Å². The molecule has 1 N–H and O–H groups in total. The second-order valence-corrected chi connectivity index (χ2v) is 8.29. The van der Waals surface area contributed by atoms with Crippen molar-refractivity contribution < 1.29 is 9.72 Å². The highest BCUT2D eigenvalue weighted by molar-refractivity contribution is 7.99. The van der Waals surface area contributed by atoms with E-state index < -0.39 is 4.92 Å². The molecule has 0 saturated heterocycles. The first kappa shape index (κ1) is 23.1. The topological polar surface area (TPSA) is 115 Å². The summed E-state index contributed by atoms with van der Waals surface area (Å²) in [5.74, 6) is 0.357. The fraction of sp³-hybridized carbons (Fsp3) is 0.0435. The van der Waals surface area contributed by atoms with Crippen LogP contribution >= 0.6 is 23.4 Å². The van der Waals surface area contributed by atoms with Crippen molar-refractivity contribution in [3.8, 4) is 17.1 Å². The third kappa shape index (κ3) is 5.66. The summed E-state index contributed by atoms with van der Waals surface area (Å²) in [4.78, 5) is 22.5. The Morgan fingerprint density at radius 1 is 1.06 bits per heavy atom. The highest BCUT2D eigenvalue weighted by Crippen LogP contribution is 2.28. The highest BCUT2D eigenvalue weighted by Gasteiger charge is 2.17. The van der Waals surface area contributed by atoms with Gasteiger partial charge in [0, 0.05) is 28.4 Å². The molecule has 0 aliphatic carbocycles. The number of thioether (sulfide) groups is 1. The first-order valence-corrected chi connectivity index (χ1v) is 11.3. The molecular formula is C23H17ClN6O3S. The maximum atomic E-state index is 12.3. The SMILES string of the molecule is O=C(CSc1nnc(-c2ccccc2)n1-c1ccc(Cl)cc1)N/N=C\c1ccc([N+](=O)[O-])cc1. The lowest BCUT2D eigenvalue weighted by Crippen LogP contribution is -2.20. The molecule has 0 atom stereocenters. The average molecular weight is 493 g/mol. The van der Waals surface area contributed by atoms with Crippen LogP contribution in [0.15, 0.2) is 89.1 Å². The Morgan fingerprint density at radius 2 is 1.76 bits per heavy atom. The number of carbonyl (C=O) groups excluding carboxylic acids is 1. The molecule has 9 nitrogen and oxygen atoms in total. The molecule has 0 aliphatic heterocycles. The molecule has 4 rings (SSSR count). The minimum Gasteiger partial charge on any atom is -0.272 e. The van der Waals surface area contributed by atoms with Gasteiger partial charge >= 0.3 is 0 Å². The molecule has 0 bridgehead atoms. The van der Waals surface area contributed by atoms with Crippen LogP contribution in [0, 0.1) is 10.1 Å². The van der Waals surface area contributed by atoms with Crippen LogP contribution in [0.3, 0.4) is 0 Å². The monoisotopic (exact) mass is 492 g/mol. The summed E-state index contributed by atoms with van der Waals surface area (Å²) in [6.45, 7) is 0. The number of aromatic nitrogens is 3. The smallest absolute Gasteiger partial charge is 0.269 e. The van der Waals surface area contributed by atoms with Gasteiger partial charge in [0.1, 0.15) is 0 Å². The van der Waals surface area contributed by atoms with Crippen LogP contribution in [0.4, 0.5) is 5.69 Å². The van der Waals surface area contributed by atoms with E-state index in [1.807, 2.05) is 47.0 Å². The number of nitro benzene ring substituents is 1. The van der Waals surface area contributed by atoms with Gasteiger partial charge < -0.3 is 0 Å². The van der Waals surface area contributed by atoms with E-state index >= 15 is 0 Å². The van der Waals surface area contributed by atoms with Crippen molar-refractivity contribution >= 4 is 41.2 Å². The van der Waals surface area contributed by atoms with Crippen LogP contribution in [0.5, 0.6) is 0 Å². The molecule has 3 aromatic carbocycles. The van der Waals surface area contributed by atoms with E-state index in [1.54, 1.807) is 24.3 Å². The Bertz CT molecular complexity index is 1330. The third-order valence-corrected chi connectivity index (χ3v) is 5.77. The number of hydrazone groups is 1. The zero-order chi connectivity index (χ0) is 23.9. The van der Waals surface area contributed by atoms with Crippen molar-refractivity contribution in [2.24, 2.45) is 5.10 Å². The highest BCUT2D eigenvalue weighted by atomic mass is 35.5.